The van der Waals surface area contributed by atoms with Gasteiger partial charge in [0.2, 0.25) is 0 Å². The Bertz CT molecular complexity index is 1040. The number of benzene rings is 1. The molecule has 0 unspecified atom stereocenters. The number of aryl methyl sites for hydroxylation is 3. The van der Waals surface area contributed by atoms with Crippen LogP contribution in [0.15, 0.2) is 29.3 Å². The number of carbonyl (C=O) groups excluding carboxylic acids is 1. The van der Waals surface area contributed by atoms with Crippen molar-refractivity contribution in [3.05, 3.63) is 50.9 Å². The molecule has 3 rings (SSSR count). The molecule has 0 atom stereocenters. The highest BCUT2D eigenvalue weighted by atomic mass is 32.1. The molecule has 0 radical (unpaired) electrons. The van der Waals surface area contributed by atoms with E-state index in [0.29, 0.717) is 32.9 Å². The second-order valence-electron chi connectivity index (χ2n) is 6.31. The topological polar surface area (TPSA) is 84.2 Å². The van der Waals surface area contributed by atoms with Gasteiger partial charge in [0.1, 0.15) is 10.6 Å². The minimum absolute atomic E-state index is 0.00256. The Labute approximate surface area is 155 Å². The number of aromatic nitrogens is 2. The maximum Gasteiger partial charge on any atom is 0.266 e. The number of fused-ring (bicyclic) bond motifs is 1. The number of aromatic hydroxyl groups is 1. The summed E-state index contributed by atoms with van der Waals surface area (Å²) in [6, 6.07) is 5.00. The molecule has 3 aromatic rings. The number of thiophene rings is 1. The van der Waals surface area contributed by atoms with Crippen LogP contribution in [-0.2, 0) is 6.54 Å². The molecule has 2 aromatic heterocycles. The zero-order valence-electron chi connectivity index (χ0n) is 15.0. The monoisotopic (exact) mass is 371 g/mol. The van der Waals surface area contributed by atoms with Gasteiger partial charge in [0.15, 0.2) is 0 Å². The SMILES string of the molecule is CCCCn1cnc2sc(C(=O)Nc3cc(C)ccc3O)c(C)c2c1=O. The fourth-order valence-corrected chi connectivity index (χ4v) is 3.83. The highest BCUT2D eigenvalue weighted by molar-refractivity contribution is 7.20. The fraction of sp³-hybridized carbons (Fsp3) is 0.316. The summed E-state index contributed by atoms with van der Waals surface area (Å²) in [4.78, 5) is 30.7. The van der Waals surface area contributed by atoms with Gasteiger partial charge in [-0.1, -0.05) is 19.4 Å². The maximum atomic E-state index is 12.7. The lowest BCUT2D eigenvalue weighted by atomic mass is 10.2. The Kier molecular flexibility index (Phi) is 5.08. The molecule has 0 bridgehead atoms. The molecule has 0 spiro atoms. The molecular formula is C19H21N3O3S. The number of nitrogens with one attached hydrogen (secondary N) is 1. The summed E-state index contributed by atoms with van der Waals surface area (Å²) >= 11 is 1.19. The minimum Gasteiger partial charge on any atom is -0.506 e. The average molecular weight is 371 g/mol. The van der Waals surface area contributed by atoms with E-state index < -0.39 is 0 Å². The molecule has 1 amide bonds. The van der Waals surface area contributed by atoms with E-state index in [1.165, 1.54) is 17.4 Å². The van der Waals surface area contributed by atoms with Gasteiger partial charge in [0, 0.05) is 6.54 Å². The molecule has 2 heterocycles. The Hall–Kier alpha value is -2.67. The van der Waals surface area contributed by atoms with Crippen molar-refractivity contribution in [2.75, 3.05) is 5.32 Å². The molecule has 0 saturated carbocycles. The maximum absolute atomic E-state index is 12.7. The van der Waals surface area contributed by atoms with Crippen molar-refractivity contribution in [3.63, 3.8) is 0 Å². The van der Waals surface area contributed by atoms with E-state index >= 15 is 0 Å². The van der Waals surface area contributed by atoms with Crippen molar-refractivity contribution >= 4 is 33.1 Å². The molecule has 7 heteroatoms. The zero-order chi connectivity index (χ0) is 18.8. The molecule has 0 fully saturated rings. The molecule has 136 valence electrons. The first-order valence-electron chi connectivity index (χ1n) is 8.52. The van der Waals surface area contributed by atoms with Gasteiger partial charge in [-0.3, -0.25) is 14.2 Å². The van der Waals surface area contributed by atoms with Crippen LogP contribution in [0.3, 0.4) is 0 Å². The largest absolute Gasteiger partial charge is 0.506 e. The minimum atomic E-state index is -0.356. The predicted octanol–water partition coefficient (Wildman–Crippen LogP) is 3.83. The lowest BCUT2D eigenvalue weighted by Crippen LogP contribution is -2.20. The molecular weight excluding hydrogens is 350 g/mol. The van der Waals surface area contributed by atoms with E-state index in [1.807, 2.05) is 6.92 Å². The van der Waals surface area contributed by atoms with Crippen LogP contribution in [0.1, 0.15) is 40.6 Å². The van der Waals surface area contributed by atoms with Crippen molar-refractivity contribution in [3.8, 4) is 5.75 Å². The third-order valence-electron chi connectivity index (χ3n) is 4.28. The highest BCUT2D eigenvalue weighted by Crippen LogP contribution is 2.29. The molecule has 0 saturated heterocycles. The van der Waals surface area contributed by atoms with Gasteiger partial charge in [-0.2, -0.15) is 0 Å². The quantitative estimate of drug-likeness (QED) is 0.668. The summed E-state index contributed by atoms with van der Waals surface area (Å²) in [6.07, 6.45) is 3.43. The molecule has 26 heavy (non-hydrogen) atoms. The Morgan fingerprint density at radius 3 is 2.85 bits per heavy atom. The number of phenols is 1. The summed E-state index contributed by atoms with van der Waals surface area (Å²) in [5.74, 6) is -0.353. The van der Waals surface area contributed by atoms with Crippen molar-refractivity contribution in [1.82, 2.24) is 9.55 Å². The highest BCUT2D eigenvalue weighted by Gasteiger charge is 2.20. The van der Waals surface area contributed by atoms with Crippen molar-refractivity contribution < 1.29 is 9.90 Å². The predicted molar refractivity (Wildman–Crippen MR) is 104 cm³/mol. The summed E-state index contributed by atoms with van der Waals surface area (Å²) in [5, 5.41) is 13.1. The molecule has 0 aliphatic carbocycles. The molecule has 2 N–H and O–H groups in total. The zero-order valence-corrected chi connectivity index (χ0v) is 15.8. The van der Waals surface area contributed by atoms with Gasteiger partial charge in [-0.25, -0.2) is 4.98 Å². The van der Waals surface area contributed by atoms with Crippen LogP contribution in [-0.4, -0.2) is 20.6 Å². The van der Waals surface area contributed by atoms with Crippen molar-refractivity contribution in [2.24, 2.45) is 0 Å². The van der Waals surface area contributed by atoms with Gasteiger partial charge in [-0.05, 0) is 43.5 Å². The Morgan fingerprint density at radius 2 is 2.12 bits per heavy atom. The summed E-state index contributed by atoms with van der Waals surface area (Å²) in [5.41, 5.74) is 1.78. The van der Waals surface area contributed by atoms with Gasteiger partial charge in [-0.15, -0.1) is 11.3 Å². The standard InChI is InChI=1S/C19H21N3O3S/c1-4-5-8-22-10-20-18-15(19(22)25)12(3)16(26-18)17(24)21-13-9-11(2)6-7-14(13)23/h6-7,9-10,23H,4-5,8H2,1-3H3,(H,21,24). The molecule has 6 nitrogen and oxygen atoms in total. The fourth-order valence-electron chi connectivity index (χ4n) is 2.79. The first-order chi connectivity index (χ1) is 12.4. The van der Waals surface area contributed by atoms with E-state index in [-0.39, 0.29) is 17.2 Å². The number of carbonyl (C=O) groups is 1. The number of nitrogens with zero attached hydrogens (tertiary/aromatic N) is 2. The molecule has 1 aromatic carbocycles. The summed E-state index contributed by atoms with van der Waals surface area (Å²) < 4.78 is 1.60. The molecule has 0 aliphatic heterocycles. The smallest absolute Gasteiger partial charge is 0.266 e. The van der Waals surface area contributed by atoms with Gasteiger partial charge in [0.05, 0.1) is 22.3 Å². The lowest BCUT2D eigenvalue weighted by molar-refractivity contribution is 0.102. The third kappa shape index (κ3) is 3.35. The van der Waals surface area contributed by atoms with Crippen LogP contribution in [0.25, 0.3) is 10.2 Å². The molecule has 0 aliphatic rings. The number of phenolic OH excluding ortho intramolecular Hbond substituents is 1. The van der Waals surface area contributed by atoms with Crippen molar-refractivity contribution in [2.45, 2.75) is 40.2 Å². The number of amides is 1. The van der Waals surface area contributed by atoms with E-state index in [4.69, 9.17) is 0 Å². The Morgan fingerprint density at radius 1 is 1.35 bits per heavy atom. The number of hydrogen-bond acceptors (Lipinski definition) is 5. The summed E-state index contributed by atoms with van der Waals surface area (Å²) in [7, 11) is 0. The second-order valence-corrected chi connectivity index (χ2v) is 7.31. The van der Waals surface area contributed by atoms with Crippen LogP contribution in [0.4, 0.5) is 5.69 Å². The number of hydrogen-bond donors (Lipinski definition) is 2. The van der Waals surface area contributed by atoms with Gasteiger partial charge >= 0.3 is 0 Å². The van der Waals surface area contributed by atoms with E-state index in [9.17, 15) is 14.7 Å². The van der Waals surface area contributed by atoms with Gasteiger partial charge in [0.25, 0.3) is 11.5 Å². The van der Waals surface area contributed by atoms with Crippen LogP contribution in [0.2, 0.25) is 0 Å². The van der Waals surface area contributed by atoms with Crippen LogP contribution >= 0.6 is 11.3 Å². The third-order valence-corrected chi connectivity index (χ3v) is 5.47. The second kappa shape index (κ2) is 7.29. The van der Waals surface area contributed by atoms with Crippen LogP contribution in [0, 0.1) is 13.8 Å². The van der Waals surface area contributed by atoms with Crippen LogP contribution in [0.5, 0.6) is 5.75 Å². The van der Waals surface area contributed by atoms with Crippen LogP contribution < -0.4 is 10.9 Å². The first-order valence-corrected chi connectivity index (χ1v) is 9.33. The number of rotatable bonds is 5. The summed E-state index contributed by atoms with van der Waals surface area (Å²) in [6.45, 7) is 6.32. The number of unbranched alkanes of at least 4 members (excludes halogenated alkanes) is 1. The van der Waals surface area contributed by atoms with E-state index in [1.54, 1.807) is 30.0 Å². The van der Waals surface area contributed by atoms with E-state index in [0.717, 1.165) is 18.4 Å². The lowest BCUT2D eigenvalue weighted by Gasteiger charge is -2.07. The van der Waals surface area contributed by atoms with E-state index in [2.05, 4.69) is 17.2 Å². The van der Waals surface area contributed by atoms with Gasteiger partial charge < -0.3 is 10.4 Å². The number of anilines is 1. The normalized spacial score (nSPS) is 11.0. The Balaban J connectivity index is 1.99. The average Bonchev–Trinajstić information content (AvgIpc) is 2.95. The first kappa shape index (κ1) is 18.1. The van der Waals surface area contributed by atoms with Crippen molar-refractivity contribution in [1.29, 1.82) is 0 Å².